The molecule has 5 nitrogen and oxygen atoms in total. The highest BCUT2D eigenvalue weighted by Gasteiger charge is 2.24. The van der Waals surface area contributed by atoms with Gasteiger partial charge in [-0.05, 0) is 54.8 Å². The Labute approximate surface area is 154 Å². The van der Waals surface area contributed by atoms with Crippen molar-refractivity contribution in [1.29, 1.82) is 0 Å². The van der Waals surface area contributed by atoms with Gasteiger partial charge >= 0.3 is 0 Å². The summed E-state index contributed by atoms with van der Waals surface area (Å²) in [5, 5.41) is 0. The van der Waals surface area contributed by atoms with E-state index in [1.54, 1.807) is 39.1 Å². The average molecular weight is 378 g/mol. The molecule has 0 radical (unpaired) electrons. The summed E-state index contributed by atoms with van der Waals surface area (Å²) in [5.74, 6) is -0.636. The molecule has 0 fully saturated rings. The van der Waals surface area contributed by atoms with Crippen molar-refractivity contribution < 1.29 is 17.6 Å². The molecule has 26 heavy (non-hydrogen) atoms. The SMILES string of the molecule is Cc1cc(C(=O)N(C)Cc2ccc(F)cc2)cc(S(=O)(=O)N(C)C)c1C. The molecular formula is C19H23FN2O3S. The number of hydrogen-bond acceptors (Lipinski definition) is 3. The van der Waals surface area contributed by atoms with Gasteiger partial charge < -0.3 is 4.90 Å². The zero-order chi connectivity index (χ0) is 19.6. The highest BCUT2D eigenvalue weighted by atomic mass is 32.2. The van der Waals surface area contributed by atoms with Gasteiger partial charge in [0.05, 0.1) is 4.90 Å². The van der Waals surface area contributed by atoms with Gasteiger partial charge in [0.15, 0.2) is 0 Å². The normalized spacial score (nSPS) is 11.7. The van der Waals surface area contributed by atoms with Crippen molar-refractivity contribution in [2.45, 2.75) is 25.3 Å². The van der Waals surface area contributed by atoms with Gasteiger partial charge in [-0.3, -0.25) is 4.79 Å². The molecule has 1 amide bonds. The van der Waals surface area contributed by atoms with E-state index in [-0.39, 0.29) is 16.6 Å². The summed E-state index contributed by atoms with van der Waals surface area (Å²) in [5.41, 5.74) is 2.44. The minimum atomic E-state index is -3.65. The number of amides is 1. The largest absolute Gasteiger partial charge is 0.337 e. The van der Waals surface area contributed by atoms with E-state index in [2.05, 4.69) is 0 Å². The second-order valence-corrected chi connectivity index (χ2v) is 8.61. The molecule has 0 spiro atoms. The van der Waals surface area contributed by atoms with Gasteiger partial charge in [0.1, 0.15) is 5.82 Å². The lowest BCUT2D eigenvalue weighted by Gasteiger charge is -2.20. The molecule has 0 aliphatic heterocycles. The van der Waals surface area contributed by atoms with Gasteiger partial charge in [-0.2, -0.15) is 0 Å². The quantitative estimate of drug-likeness (QED) is 0.804. The summed E-state index contributed by atoms with van der Waals surface area (Å²) in [6.07, 6.45) is 0. The lowest BCUT2D eigenvalue weighted by Crippen LogP contribution is -2.28. The van der Waals surface area contributed by atoms with Crippen molar-refractivity contribution in [3.05, 3.63) is 64.5 Å². The van der Waals surface area contributed by atoms with E-state index >= 15 is 0 Å². The second kappa shape index (κ2) is 7.55. The van der Waals surface area contributed by atoms with Gasteiger partial charge in [0.2, 0.25) is 10.0 Å². The van der Waals surface area contributed by atoms with Gasteiger partial charge in [0, 0.05) is 33.3 Å². The van der Waals surface area contributed by atoms with Crippen LogP contribution in [-0.4, -0.2) is 44.7 Å². The Hall–Kier alpha value is -2.25. The lowest BCUT2D eigenvalue weighted by molar-refractivity contribution is 0.0784. The van der Waals surface area contributed by atoms with Crippen LogP contribution in [0, 0.1) is 19.7 Å². The highest BCUT2D eigenvalue weighted by Crippen LogP contribution is 2.24. The van der Waals surface area contributed by atoms with E-state index in [9.17, 15) is 17.6 Å². The monoisotopic (exact) mass is 378 g/mol. The lowest BCUT2D eigenvalue weighted by atomic mass is 10.1. The molecule has 2 aromatic carbocycles. The Balaban J connectivity index is 2.37. The molecule has 2 aromatic rings. The number of nitrogens with zero attached hydrogens (tertiary/aromatic N) is 2. The number of benzene rings is 2. The fourth-order valence-electron chi connectivity index (χ4n) is 2.57. The predicted octanol–water partition coefficient (Wildman–Crippen LogP) is 2.97. The van der Waals surface area contributed by atoms with Crippen LogP contribution in [0.5, 0.6) is 0 Å². The van der Waals surface area contributed by atoms with Crippen LogP contribution in [0.1, 0.15) is 27.0 Å². The molecule has 140 valence electrons. The third-order valence-corrected chi connectivity index (χ3v) is 6.25. The number of hydrogen-bond donors (Lipinski definition) is 0. The molecule has 0 bridgehead atoms. The third-order valence-electron chi connectivity index (χ3n) is 4.30. The Morgan fingerprint density at radius 1 is 1.04 bits per heavy atom. The fourth-order valence-corrected chi connectivity index (χ4v) is 3.79. The molecule has 0 unspecified atom stereocenters. The first-order valence-corrected chi connectivity index (χ1v) is 9.51. The number of carbonyl (C=O) groups is 1. The molecule has 2 rings (SSSR count). The summed E-state index contributed by atoms with van der Waals surface area (Å²) in [7, 11) is 0.887. The van der Waals surface area contributed by atoms with E-state index in [0.29, 0.717) is 17.7 Å². The summed E-state index contributed by atoms with van der Waals surface area (Å²) in [6, 6.07) is 9.01. The molecule has 0 aliphatic rings. The maximum Gasteiger partial charge on any atom is 0.253 e. The van der Waals surface area contributed by atoms with Crippen molar-refractivity contribution in [2.24, 2.45) is 0 Å². The van der Waals surface area contributed by atoms with E-state index in [1.807, 2.05) is 0 Å². The zero-order valence-electron chi connectivity index (χ0n) is 15.6. The second-order valence-electron chi connectivity index (χ2n) is 6.49. The Morgan fingerprint density at radius 3 is 2.15 bits per heavy atom. The first kappa shape index (κ1) is 20.1. The Bertz CT molecular complexity index is 923. The topological polar surface area (TPSA) is 57.7 Å². The smallest absolute Gasteiger partial charge is 0.253 e. The molecule has 0 saturated heterocycles. The first-order valence-electron chi connectivity index (χ1n) is 8.07. The van der Waals surface area contributed by atoms with Crippen LogP contribution in [-0.2, 0) is 16.6 Å². The van der Waals surface area contributed by atoms with Crippen molar-refractivity contribution in [2.75, 3.05) is 21.1 Å². The van der Waals surface area contributed by atoms with Crippen LogP contribution in [0.15, 0.2) is 41.3 Å². The number of halogens is 1. The molecule has 7 heteroatoms. The number of aryl methyl sites for hydroxylation is 1. The predicted molar refractivity (Wildman–Crippen MR) is 99.0 cm³/mol. The molecular weight excluding hydrogens is 355 g/mol. The highest BCUT2D eigenvalue weighted by molar-refractivity contribution is 7.89. The summed E-state index contributed by atoms with van der Waals surface area (Å²) in [6.45, 7) is 3.80. The fraction of sp³-hybridized carbons (Fsp3) is 0.316. The Morgan fingerprint density at radius 2 is 1.62 bits per heavy atom. The maximum absolute atomic E-state index is 13.0. The van der Waals surface area contributed by atoms with E-state index in [4.69, 9.17) is 0 Å². The number of rotatable bonds is 5. The third kappa shape index (κ3) is 4.11. The van der Waals surface area contributed by atoms with Crippen LogP contribution in [0.25, 0.3) is 0 Å². The van der Waals surface area contributed by atoms with E-state index in [1.165, 1.54) is 37.2 Å². The van der Waals surface area contributed by atoms with Crippen molar-refractivity contribution in [1.82, 2.24) is 9.21 Å². The van der Waals surface area contributed by atoms with Crippen molar-refractivity contribution >= 4 is 15.9 Å². The van der Waals surface area contributed by atoms with Crippen LogP contribution in [0.3, 0.4) is 0 Å². The van der Waals surface area contributed by atoms with Crippen molar-refractivity contribution in [3.63, 3.8) is 0 Å². The van der Waals surface area contributed by atoms with Gasteiger partial charge in [-0.15, -0.1) is 0 Å². The van der Waals surface area contributed by atoms with Crippen LogP contribution < -0.4 is 0 Å². The molecule has 0 atom stereocenters. The van der Waals surface area contributed by atoms with E-state index < -0.39 is 10.0 Å². The molecule has 0 saturated carbocycles. The Kier molecular flexibility index (Phi) is 5.83. The molecule has 0 N–H and O–H groups in total. The summed E-state index contributed by atoms with van der Waals surface area (Å²) >= 11 is 0. The molecule has 0 aliphatic carbocycles. The maximum atomic E-state index is 13.0. The average Bonchev–Trinajstić information content (AvgIpc) is 2.58. The molecule has 0 heterocycles. The minimum absolute atomic E-state index is 0.126. The van der Waals surface area contributed by atoms with Gasteiger partial charge in [-0.1, -0.05) is 12.1 Å². The molecule has 0 aromatic heterocycles. The van der Waals surface area contributed by atoms with Gasteiger partial charge in [-0.25, -0.2) is 17.1 Å². The van der Waals surface area contributed by atoms with Crippen molar-refractivity contribution in [3.8, 4) is 0 Å². The number of sulfonamides is 1. The zero-order valence-corrected chi connectivity index (χ0v) is 16.4. The number of carbonyl (C=O) groups excluding carboxylic acids is 1. The van der Waals surface area contributed by atoms with Crippen LogP contribution in [0.2, 0.25) is 0 Å². The van der Waals surface area contributed by atoms with E-state index in [0.717, 1.165) is 15.4 Å². The standard InChI is InChI=1S/C19H23FN2O3S/c1-13-10-16(11-18(14(13)2)26(24,25)21(3)4)19(23)22(5)12-15-6-8-17(20)9-7-15/h6-11H,12H2,1-5H3. The summed E-state index contributed by atoms with van der Waals surface area (Å²) < 4.78 is 39.2. The van der Waals surface area contributed by atoms with Crippen LogP contribution >= 0.6 is 0 Å². The van der Waals surface area contributed by atoms with Gasteiger partial charge in [0.25, 0.3) is 5.91 Å². The summed E-state index contributed by atoms with van der Waals surface area (Å²) in [4.78, 5) is 14.4. The minimum Gasteiger partial charge on any atom is -0.337 e. The van der Waals surface area contributed by atoms with Crippen LogP contribution in [0.4, 0.5) is 4.39 Å². The first-order chi connectivity index (χ1) is 12.0.